The first-order valence-electron chi connectivity index (χ1n) is 19.8. The summed E-state index contributed by atoms with van der Waals surface area (Å²) in [7, 11) is -4.39. The van der Waals surface area contributed by atoms with Gasteiger partial charge in [-0.2, -0.15) is 0 Å². The van der Waals surface area contributed by atoms with E-state index in [0.29, 0.717) is 12.8 Å². The van der Waals surface area contributed by atoms with Gasteiger partial charge in [0.15, 0.2) is 6.10 Å². The number of ether oxygens (including phenoxy) is 2. The fourth-order valence-corrected chi connectivity index (χ4v) is 5.67. The first-order chi connectivity index (χ1) is 24.8. The molecule has 0 aliphatic heterocycles. The highest BCUT2D eigenvalue weighted by atomic mass is 31.2. The number of unbranched alkanes of at least 4 members (excludes halogenated alkanes) is 13. The average molecular weight is 738 g/mol. The zero-order valence-corrected chi connectivity index (χ0v) is 33.0. The van der Waals surface area contributed by atoms with Gasteiger partial charge in [-0.3, -0.25) is 18.6 Å². The van der Waals surface area contributed by atoms with Gasteiger partial charge in [0.2, 0.25) is 0 Å². The molecule has 294 valence electrons. The van der Waals surface area contributed by atoms with E-state index in [4.69, 9.17) is 24.3 Å². The minimum Gasteiger partial charge on any atom is -0.462 e. The van der Waals surface area contributed by atoms with E-state index < -0.39 is 32.5 Å². The molecule has 0 saturated carbocycles. The molecule has 0 spiro atoms. The maximum atomic E-state index is 12.5. The zero-order chi connectivity index (χ0) is 37.5. The average Bonchev–Trinajstić information content (AvgIpc) is 3.11. The van der Waals surface area contributed by atoms with Gasteiger partial charge >= 0.3 is 19.8 Å². The number of hydrogen-bond acceptors (Lipinski definition) is 8. The third-order valence-electron chi connectivity index (χ3n) is 7.88. The van der Waals surface area contributed by atoms with E-state index >= 15 is 0 Å². The van der Waals surface area contributed by atoms with Gasteiger partial charge in [0.1, 0.15) is 6.61 Å². The number of nitrogens with two attached hydrogens (primary N) is 1. The Morgan fingerprint density at radius 2 is 1.02 bits per heavy atom. The summed E-state index contributed by atoms with van der Waals surface area (Å²) in [6.45, 7) is 3.59. The van der Waals surface area contributed by atoms with Crippen LogP contribution in [0.3, 0.4) is 0 Å². The Morgan fingerprint density at radius 3 is 1.55 bits per heavy atom. The normalized spacial score (nSPS) is 14.0. The second-order valence-electron chi connectivity index (χ2n) is 12.8. The van der Waals surface area contributed by atoms with Gasteiger partial charge in [0.25, 0.3) is 0 Å². The molecule has 0 bridgehead atoms. The number of esters is 2. The second kappa shape index (κ2) is 37.5. The van der Waals surface area contributed by atoms with E-state index in [-0.39, 0.29) is 32.6 Å². The Hall–Kier alpha value is -2.29. The molecule has 51 heavy (non-hydrogen) atoms. The Balaban J connectivity index is 4.35. The number of carbonyl (C=O) groups is 2. The largest absolute Gasteiger partial charge is 0.472 e. The SMILES string of the molecule is CCCCC/C=C/C/C=C/C/C=C/CCCCC(=O)O[C@H](COC(=O)CCCC/C=C/C/C=C/CCCCCCCC)COP(=O)(O)OCCN. The Morgan fingerprint density at radius 1 is 0.588 bits per heavy atom. The lowest BCUT2D eigenvalue weighted by atomic mass is 10.1. The van der Waals surface area contributed by atoms with E-state index in [9.17, 15) is 19.0 Å². The summed E-state index contributed by atoms with van der Waals surface area (Å²) in [5.41, 5.74) is 5.33. The predicted molar refractivity (Wildman–Crippen MR) is 210 cm³/mol. The van der Waals surface area contributed by atoms with Gasteiger partial charge in [-0.25, -0.2) is 4.57 Å². The van der Waals surface area contributed by atoms with Crippen molar-refractivity contribution in [3.63, 3.8) is 0 Å². The summed E-state index contributed by atoms with van der Waals surface area (Å²) in [6, 6.07) is 0. The van der Waals surface area contributed by atoms with Crippen LogP contribution in [0.4, 0.5) is 0 Å². The first kappa shape index (κ1) is 48.7. The van der Waals surface area contributed by atoms with E-state index in [1.165, 1.54) is 57.8 Å². The van der Waals surface area contributed by atoms with E-state index in [0.717, 1.165) is 57.8 Å². The summed E-state index contributed by atoms with van der Waals surface area (Å²) < 4.78 is 32.6. The van der Waals surface area contributed by atoms with Crippen LogP contribution < -0.4 is 5.73 Å². The summed E-state index contributed by atoms with van der Waals surface area (Å²) in [5.74, 6) is -0.918. The van der Waals surface area contributed by atoms with Crippen molar-refractivity contribution in [3.8, 4) is 0 Å². The number of phosphoric ester groups is 1. The van der Waals surface area contributed by atoms with E-state index in [1.54, 1.807) is 0 Å². The van der Waals surface area contributed by atoms with Crippen LogP contribution in [0.5, 0.6) is 0 Å². The first-order valence-corrected chi connectivity index (χ1v) is 21.3. The van der Waals surface area contributed by atoms with Gasteiger partial charge in [-0.1, -0.05) is 120 Å². The van der Waals surface area contributed by atoms with Crippen LogP contribution in [0, 0.1) is 0 Å². The topological polar surface area (TPSA) is 134 Å². The van der Waals surface area contributed by atoms with Crippen LogP contribution in [0.1, 0.15) is 155 Å². The van der Waals surface area contributed by atoms with Crippen molar-refractivity contribution < 1.29 is 37.6 Å². The van der Waals surface area contributed by atoms with Crippen molar-refractivity contribution in [2.45, 2.75) is 161 Å². The summed E-state index contributed by atoms with van der Waals surface area (Å²) in [4.78, 5) is 34.7. The highest BCUT2D eigenvalue weighted by Gasteiger charge is 2.25. The Kier molecular flexibility index (Phi) is 35.8. The van der Waals surface area contributed by atoms with Crippen molar-refractivity contribution in [1.82, 2.24) is 0 Å². The summed E-state index contributed by atoms with van der Waals surface area (Å²) in [5, 5.41) is 0. The fraction of sp³-hybridized carbons (Fsp3) is 0.707. The molecule has 0 fully saturated rings. The zero-order valence-electron chi connectivity index (χ0n) is 32.1. The monoisotopic (exact) mass is 737 g/mol. The molecule has 1 unspecified atom stereocenters. The maximum Gasteiger partial charge on any atom is 0.472 e. The van der Waals surface area contributed by atoms with Crippen molar-refractivity contribution >= 4 is 19.8 Å². The number of phosphoric acid groups is 1. The molecule has 2 atom stereocenters. The Labute approximate surface area is 310 Å². The molecule has 0 aliphatic carbocycles. The van der Waals surface area contributed by atoms with Crippen molar-refractivity contribution in [3.05, 3.63) is 60.8 Å². The smallest absolute Gasteiger partial charge is 0.462 e. The molecule has 0 aromatic heterocycles. The fourth-order valence-electron chi connectivity index (χ4n) is 4.90. The molecule has 0 amide bonds. The molecular weight excluding hydrogens is 665 g/mol. The minimum atomic E-state index is -4.39. The molecule has 0 saturated heterocycles. The minimum absolute atomic E-state index is 0.0405. The van der Waals surface area contributed by atoms with Gasteiger partial charge in [0, 0.05) is 19.4 Å². The standard InChI is InChI=1S/C41H72NO8P/c1-3-5-7-9-11-13-15-17-19-21-23-25-27-29-31-33-40(43)47-37-39(38-49-51(45,46)48-36-35-42)50-41(44)34-32-30-28-26-24-22-20-18-16-14-12-10-8-6-4-2/h12,14,17-20,23-26,39H,3-11,13,15-16,21-22,27-38,42H2,1-2H3,(H,45,46)/b14-12+,19-17+,20-18+,25-23+,26-24+/t39-/m1/s1. The molecule has 3 N–H and O–H groups in total. The van der Waals surface area contributed by atoms with E-state index in [2.05, 4.69) is 74.6 Å². The van der Waals surface area contributed by atoms with Gasteiger partial charge < -0.3 is 20.1 Å². The predicted octanol–water partition coefficient (Wildman–Crippen LogP) is 10.9. The lowest BCUT2D eigenvalue weighted by molar-refractivity contribution is -0.161. The van der Waals surface area contributed by atoms with Crippen LogP contribution in [-0.4, -0.2) is 49.3 Å². The molecule has 0 aliphatic rings. The number of allylic oxidation sites excluding steroid dienone is 10. The quantitative estimate of drug-likeness (QED) is 0.0279. The summed E-state index contributed by atoms with van der Waals surface area (Å²) in [6.07, 6.45) is 42.6. The lowest BCUT2D eigenvalue weighted by Gasteiger charge is -2.19. The highest BCUT2D eigenvalue weighted by molar-refractivity contribution is 7.47. The second-order valence-corrected chi connectivity index (χ2v) is 14.2. The molecule has 0 heterocycles. The lowest BCUT2D eigenvalue weighted by Crippen LogP contribution is -2.29. The van der Waals surface area contributed by atoms with Gasteiger partial charge in [-0.05, 0) is 83.5 Å². The van der Waals surface area contributed by atoms with Crippen LogP contribution in [0.15, 0.2) is 60.8 Å². The van der Waals surface area contributed by atoms with E-state index in [1.807, 2.05) is 0 Å². The molecule has 10 heteroatoms. The highest BCUT2D eigenvalue weighted by Crippen LogP contribution is 2.43. The van der Waals surface area contributed by atoms with Crippen molar-refractivity contribution in [1.29, 1.82) is 0 Å². The number of carbonyl (C=O) groups excluding carboxylic acids is 2. The van der Waals surface area contributed by atoms with Crippen LogP contribution in [0.25, 0.3) is 0 Å². The molecule has 0 radical (unpaired) electrons. The Bertz CT molecular complexity index is 1020. The van der Waals surface area contributed by atoms with Crippen LogP contribution >= 0.6 is 7.82 Å². The molecule has 0 rings (SSSR count). The van der Waals surface area contributed by atoms with Crippen LogP contribution in [-0.2, 0) is 32.7 Å². The number of rotatable bonds is 36. The number of hydrogen-bond donors (Lipinski definition) is 2. The third kappa shape index (κ3) is 37.3. The maximum absolute atomic E-state index is 12.5. The molecule has 0 aromatic carbocycles. The van der Waals surface area contributed by atoms with Crippen LogP contribution in [0.2, 0.25) is 0 Å². The van der Waals surface area contributed by atoms with Crippen molar-refractivity contribution in [2.75, 3.05) is 26.4 Å². The van der Waals surface area contributed by atoms with Crippen molar-refractivity contribution in [2.24, 2.45) is 5.73 Å². The van der Waals surface area contributed by atoms with Gasteiger partial charge in [-0.15, -0.1) is 0 Å². The summed E-state index contributed by atoms with van der Waals surface area (Å²) >= 11 is 0. The molecule has 9 nitrogen and oxygen atoms in total. The third-order valence-corrected chi connectivity index (χ3v) is 8.86. The molecule has 0 aromatic rings. The van der Waals surface area contributed by atoms with Gasteiger partial charge in [0.05, 0.1) is 13.2 Å². The molecular formula is C41H72NO8P.